The summed E-state index contributed by atoms with van der Waals surface area (Å²) in [5.74, 6) is 4.76. The lowest BCUT2D eigenvalue weighted by Gasteiger charge is -2.17. The van der Waals surface area contributed by atoms with E-state index < -0.39 is 18.0 Å². The number of alkyl carbamates (subject to hydrolysis) is 1. The van der Waals surface area contributed by atoms with Gasteiger partial charge in [0, 0.05) is 23.5 Å². The molecule has 5 N–H and O–H groups in total. The second-order valence-corrected chi connectivity index (χ2v) is 5.83. The van der Waals surface area contributed by atoms with Gasteiger partial charge in [-0.15, -0.1) is 0 Å². The minimum Gasteiger partial charge on any atom is -0.445 e. The van der Waals surface area contributed by atoms with Crippen molar-refractivity contribution in [1.29, 1.82) is 0 Å². The summed E-state index contributed by atoms with van der Waals surface area (Å²) >= 11 is 0. The number of nitrogens with two attached hydrogens (primary N) is 1. The topological polar surface area (TPSA) is 109 Å². The molecule has 0 radical (unpaired) electrons. The Morgan fingerprint density at radius 1 is 1.08 bits per heavy atom. The largest absolute Gasteiger partial charge is 0.445 e. The van der Waals surface area contributed by atoms with E-state index in [1.165, 1.54) is 0 Å². The Bertz CT molecular complexity index is 892. The molecule has 0 fully saturated rings. The fraction of sp³-hybridized carbons (Fsp3) is 0.158. The molecule has 2 aromatic carbocycles. The number of aromatic amines is 1. The maximum atomic E-state index is 12.1. The Labute approximate surface area is 150 Å². The lowest BCUT2D eigenvalue weighted by atomic mass is 10.0. The Kier molecular flexibility index (Phi) is 5.50. The summed E-state index contributed by atoms with van der Waals surface area (Å²) in [6.45, 7) is 0.122. The normalized spacial score (nSPS) is 11.7. The van der Waals surface area contributed by atoms with Crippen LogP contribution in [0.1, 0.15) is 11.1 Å². The smallest absolute Gasteiger partial charge is 0.408 e. The van der Waals surface area contributed by atoms with Crippen LogP contribution in [0.4, 0.5) is 4.79 Å². The molecule has 0 spiro atoms. The monoisotopic (exact) mass is 352 g/mol. The fourth-order valence-corrected chi connectivity index (χ4v) is 2.74. The number of aromatic nitrogens is 1. The van der Waals surface area contributed by atoms with Gasteiger partial charge in [-0.1, -0.05) is 48.5 Å². The highest BCUT2D eigenvalue weighted by atomic mass is 16.5. The first kappa shape index (κ1) is 17.5. The Morgan fingerprint density at radius 3 is 2.58 bits per heavy atom. The maximum Gasteiger partial charge on any atom is 0.408 e. The molecule has 2 amide bonds. The number of hydrogen-bond acceptors (Lipinski definition) is 4. The highest BCUT2D eigenvalue weighted by Gasteiger charge is 2.22. The van der Waals surface area contributed by atoms with Crippen LogP contribution >= 0.6 is 0 Å². The molecule has 3 rings (SSSR count). The van der Waals surface area contributed by atoms with Gasteiger partial charge in [-0.25, -0.2) is 10.6 Å². The van der Waals surface area contributed by atoms with E-state index >= 15 is 0 Å². The minimum absolute atomic E-state index is 0.122. The molecule has 0 bridgehead atoms. The summed E-state index contributed by atoms with van der Waals surface area (Å²) in [6, 6.07) is 16.2. The molecule has 1 unspecified atom stereocenters. The van der Waals surface area contributed by atoms with Crippen molar-refractivity contribution in [2.45, 2.75) is 19.1 Å². The van der Waals surface area contributed by atoms with Crippen molar-refractivity contribution in [3.63, 3.8) is 0 Å². The van der Waals surface area contributed by atoms with Crippen LogP contribution in [0.3, 0.4) is 0 Å². The van der Waals surface area contributed by atoms with Gasteiger partial charge in [0.25, 0.3) is 5.91 Å². The second kappa shape index (κ2) is 8.17. The van der Waals surface area contributed by atoms with Crippen molar-refractivity contribution in [2.75, 3.05) is 0 Å². The third-order valence-corrected chi connectivity index (χ3v) is 4.06. The van der Waals surface area contributed by atoms with Gasteiger partial charge in [0.15, 0.2) is 0 Å². The van der Waals surface area contributed by atoms with E-state index in [1.54, 1.807) is 0 Å². The van der Waals surface area contributed by atoms with Gasteiger partial charge in [-0.2, -0.15) is 0 Å². The quantitative estimate of drug-likeness (QED) is 0.309. The van der Waals surface area contributed by atoms with E-state index in [4.69, 9.17) is 10.6 Å². The molecule has 0 aliphatic carbocycles. The number of fused-ring (bicyclic) bond motifs is 1. The molecular formula is C19H20N4O3. The van der Waals surface area contributed by atoms with E-state index in [1.807, 2.05) is 60.8 Å². The highest BCUT2D eigenvalue weighted by molar-refractivity contribution is 5.88. The van der Waals surface area contributed by atoms with Crippen molar-refractivity contribution >= 4 is 22.9 Å². The number of para-hydroxylation sites is 1. The number of nitrogens with one attached hydrogen (secondary N) is 3. The molecule has 1 heterocycles. The summed E-state index contributed by atoms with van der Waals surface area (Å²) < 4.78 is 5.18. The van der Waals surface area contributed by atoms with Crippen LogP contribution in [0.25, 0.3) is 10.9 Å². The zero-order valence-electron chi connectivity index (χ0n) is 14.1. The minimum atomic E-state index is -0.845. The van der Waals surface area contributed by atoms with E-state index in [-0.39, 0.29) is 13.0 Å². The summed E-state index contributed by atoms with van der Waals surface area (Å²) in [4.78, 5) is 27.3. The average Bonchev–Trinajstić information content (AvgIpc) is 3.09. The maximum absolute atomic E-state index is 12.1. The zero-order valence-corrected chi connectivity index (χ0v) is 14.1. The van der Waals surface area contributed by atoms with Gasteiger partial charge in [0.1, 0.15) is 12.6 Å². The number of benzene rings is 2. The van der Waals surface area contributed by atoms with Crippen LogP contribution < -0.4 is 16.6 Å². The third kappa shape index (κ3) is 4.20. The molecule has 26 heavy (non-hydrogen) atoms. The van der Waals surface area contributed by atoms with Crippen molar-refractivity contribution in [1.82, 2.24) is 15.7 Å². The van der Waals surface area contributed by atoms with Gasteiger partial charge in [-0.05, 0) is 17.2 Å². The molecule has 1 atom stereocenters. The van der Waals surface area contributed by atoms with Gasteiger partial charge in [-0.3, -0.25) is 10.2 Å². The third-order valence-electron chi connectivity index (χ3n) is 4.06. The van der Waals surface area contributed by atoms with Crippen LogP contribution in [-0.4, -0.2) is 23.0 Å². The lowest BCUT2D eigenvalue weighted by Crippen LogP contribution is -2.50. The predicted molar refractivity (Wildman–Crippen MR) is 97.9 cm³/mol. The number of amides is 2. The number of ether oxygens (including phenoxy) is 1. The molecule has 0 saturated carbocycles. The first-order chi connectivity index (χ1) is 12.7. The Balaban J connectivity index is 1.66. The number of rotatable bonds is 6. The molecule has 7 heteroatoms. The summed E-state index contributed by atoms with van der Waals surface area (Å²) in [5, 5.41) is 3.56. The van der Waals surface area contributed by atoms with Crippen LogP contribution in [-0.2, 0) is 22.6 Å². The number of hydrogen-bond donors (Lipinski definition) is 4. The van der Waals surface area contributed by atoms with Gasteiger partial charge in [0.05, 0.1) is 0 Å². The molecule has 134 valence electrons. The summed E-state index contributed by atoms with van der Waals surface area (Å²) in [5.41, 5.74) is 4.81. The molecule has 7 nitrogen and oxygen atoms in total. The molecule has 1 aromatic heterocycles. The van der Waals surface area contributed by atoms with Crippen LogP contribution in [0.15, 0.2) is 60.8 Å². The van der Waals surface area contributed by atoms with Crippen molar-refractivity contribution in [3.05, 3.63) is 71.9 Å². The Hall–Kier alpha value is -3.32. The molecule has 0 aliphatic rings. The van der Waals surface area contributed by atoms with Gasteiger partial charge >= 0.3 is 6.09 Å². The average molecular weight is 352 g/mol. The zero-order chi connectivity index (χ0) is 18.4. The summed E-state index contributed by atoms with van der Waals surface area (Å²) in [6.07, 6.45) is 1.42. The van der Waals surface area contributed by atoms with Crippen molar-refractivity contribution in [2.24, 2.45) is 5.84 Å². The molecule has 3 aromatic rings. The molecule has 0 aliphatic heterocycles. The number of carbonyl (C=O) groups excluding carboxylic acids is 2. The lowest BCUT2D eigenvalue weighted by molar-refractivity contribution is -0.123. The first-order valence-corrected chi connectivity index (χ1v) is 8.20. The fourth-order valence-electron chi connectivity index (χ4n) is 2.74. The summed E-state index contributed by atoms with van der Waals surface area (Å²) in [7, 11) is 0. The number of carbonyl (C=O) groups is 2. The SMILES string of the molecule is NNC(=O)C(Cc1c[nH]c2ccccc12)NC(=O)OCc1ccccc1. The van der Waals surface area contributed by atoms with Gasteiger partial charge < -0.3 is 15.0 Å². The van der Waals surface area contributed by atoms with E-state index in [2.05, 4.69) is 15.7 Å². The highest BCUT2D eigenvalue weighted by Crippen LogP contribution is 2.19. The van der Waals surface area contributed by atoms with E-state index in [9.17, 15) is 9.59 Å². The second-order valence-electron chi connectivity index (χ2n) is 5.83. The van der Waals surface area contributed by atoms with Crippen molar-refractivity contribution < 1.29 is 14.3 Å². The van der Waals surface area contributed by atoms with Crippen LogP contribution in [0, 0.1) is 0 Å². The van der Waals surface area contributed by atoms with E-state index in [0.717, 1.165) is 22.0 Å². The number of H-pyrrole nitrogens is 1. The number of hydrazine groups is 1. The van der Waals surface area contributed by atoms with Crippen LogP contribution in [0.2, 0.25) is 0 Å². The Morgan fingerprint density at radius 2 is 1.81 bits per heavy atom. The van der Waals surface area contributed by atoms with Crippen LogP contribution in [0.5, 0.6) is 0 Å². The molecular weight excluding hydrogens is 332 g/mol. The van der Waals surface area contributed by atoms with E-state index in [0.29, 0.717) is 0 Å². The molecule has 0 saturated heterocycles. The van der Waals surface area contributed by atoms with Crippen molar-refractivity contribution in [3.8, 4) is 0 Å². The first-order valence-electron chi connectivity index (χ1n) is 8.20. The standard InChI is InChI=1S/C19H20N4O3/c20-23-18(24)17(10-14-11-21-16-9-5-4-8-15(14)16)22-19(25)26-12-13-6-2-1-3-7-13/h1-9,11,17,21H,10,12,20H2,(H,22,25)(H,23,24). The van der Waals surface area contributed by atoms with Gasteiger partial charge in [0.2, 0.25) is 0 Å². The predicted octanol–water partition coefficient (Wildman–Crippen LogP) is 2.00.